The molecule has 2 aromatic heterocycles. The van der Waals surface area contributed by atoms with E-state index < -0.39 is 23.7 Å². The molecule has 0 radical (unpaired) electrons. The largest absolute Gasteiger partial charge is 0.504 e. The standard InChI is InChI=1S/C29H25Cl2FN4O.C5H8F2N2O.C5H9N/c1-15-19-14-22(23-8-4-12-36(23)29(37)16-9-10-16)35-27(19)20-13-17(5-3-11-33)24(26(32)28(20)34-15)18-6-2-7-21(30)25(18)31;1-9-2-3(10)4(8)5(6)7;1-4-2-5(1)6-3-4/h2,6-7,13-14,16,23,35H,3-5,8-10,12H2,1H3;2,5,10H,8H2,1H3;4-6H,1-3H2/b;4-3+,9-2?;. The predicted molar refractivity (Wildman–Crippen MR) is 203 cm³/mol. The van der Waals surface area contributed by atoms with Crippen molar-refractivity contribution in [2.45, 2.75) is 76.8 Å². The summed E-state index contributed by atoms with van der Waals surface area (Å²) in [5, 5.41) is 23.4. The van der Waals surface area contributed by atoms with Crippen LogP contribution in [-0.2, 0) is 11.2 Å². The van der Waals surface area contributed by atoms with E-state index in [2.05, 4.69) is 32.4 Å². The number of alkyl halides is 2. The van der Waals surface area contributed by atoms with Crippen LogP contribution in [0.2, 0.25) is 10.0 Å². The van der Waals surface area contributed by atoms with Crippen molar-refractivity contribution in [3.05, 3.63) is 74.6 Å². The SMILES string of the molecule is C1NC2CC1C2.CN=C/C(O)=C(\N)C(F)F.Cc1nc2c(F)c(-c3cccc(Cl)c3Cl)c(CCC#N)cc2c2[nH]c(C3CCCN3C(=O)C3CC3)cc12. The molecule has 1 atom stereocenters. The van der Waals surface area contributed by atoms with Crippen molar-refractivity contribution < 1.29 is 23.1 Å². The Kier molecular flexibility index (Phi) is 11.9. The summed E-state index contributed by atoms with van der Waals surface area (Å²) in [6.45, 7) is 3.95. The summed E-state index contributed by atoms with van der Waals surface area (Å²) in [4.78, 5) is 26.4. The number of halogens is 5. The van der Waals surface area contributed by atoms with Crippen LogP contribution in [0.5, 0.6) is 0 Å². The number of nitrogens with zero attached hydrogens (tertiary/aromatic N) is 4. The number of fused-ring (bicyclic) bond motifs is 4. The molecule has 4 aromatic rings. The zero-order valence-corrected chi connectivity index (χ0v) is 31.0. The van der Waals surface area contributed by atoms with E-state index in [-0.39, 0.29) is 34.8 Å². The first-order valence-electron chi connectivity index (χ1n) is 17.8. The molecule has 3 aliphatic heterocycles. The first-order chi connectivity index (χ1) is 25.4. The maximum Gasteiger partial charge on any atom is 0.281 e. The summed E-state index contributed by atoms with van der Waals surface area (Å²) in [7, 11) is 1.34. The van der Waals surface area contributed by atoms with Crippen LogP contribution >= 0.6 is 23.2 Å². The number of pyridine rings is 1. The number of hydrogen-bond acceptors (Lipinski definition) is 7. The van der Waals surface area contributed by atoms with Gasteiger partial charge < -0.3 is 26.0 Å². The molecule has 1 amide bonds. The summed E-state index contributed by atoms with van der Waals surface area (Å²) in [6, 6.07) is 12.2. The predicted octanol–water partition coefficient (Wildman–Crippen LogP) is 8.72. The van der Waals surface area contributed by atoms with Gasteiger partial charge in [0, 0.05) is 65.3 Å². The molecule has 0 spiro atoms. The third kappa shape index (κ3) is 8.13. The lowest BCUT2D eigenvalue weighted by Crippen LogP contribution is -2.31. The number of amides is 1. The van der Waals surface area contributed by atoms with Gasteiger partial charge in [-0.15, -0.1) is 0 Å². The molecule has 9 rings (SSSR count). The van der Waals surface area contributed by atoms with Gasteiger partial charge in [-0.05, 0) is 88.1 Å². The molecule has 5 N–H and O–H groups in total. The molecule has 5 fully saturated rings. The molecule has 5 aliphatic rings. The molecule has 280 valence electrons. The number of carbonyl (C=O) groups excluding carboxylic acids is 1. The van der Waals surface area contributed by atoms with Crippen LogP contribution in [0, 0.1) is 35.9 Å². The number of nitrogens with one attached hydrogen (secondary N) is 2. The van der Waals surface area contributed by atoms with E-state index in [1.165, 1.54) is 26.4 Å². The number of likely N-dealkylation sites (tertiary alicyclic amines) is 1. The molecule has 2 aliphatic carbocycles. The molecular formula is C39H42Cl2F3N7O2. The maximum atomic E-state index is 16.3. The van der Waals surface area contributed by atoms with Crippen molar-refractivity contribution in [1.29, 1.82) is 5.26 Å². The van der Waals surface area contributed by atoms with Crippen LogP contribution in [0.1, 0.15) is 67.9 Å². The van der Waals surface area contributed by atoms with Crippen LogP contribution in [0.4, 0.5) is 13.2 Å². The van der Waals surface area contributed by atoms with Gasteiger partial charge in [0.15, 0.2) is 11.6 Å². The van der Waals surface area contributed by atoms with Gasteiger partial charge in [-0.3, -0.25) is 9.79 Å². The van der Waals surface area contributed by atoms with Crippen LogP contribution < -0.4 is 11.1 Å². The van der Waals surface area contributed by atoms with Crippen molar-refractivity contribution in [1.82, 2.24) is 20.2 Å². The van der Waals surface area contributed by atoms with Crippen molar-refractivity contribution in [3.63, 3.8) is 0 Å². The average Bonchev–Trinajstić information content (AvgIpc) is 3.53. The zero-order valence-electron chi connectivity index (χ0n) is 29.5. The fourth-order valence-electron chi connectivity index (χ4n) is 7.38. The van der Waals surface area contributed by atoms with Crippen LogP contribution in [0.25, 0.3) is 32.9 Å². The van der Waals surface area contributed by atoms with Crippen molar-refractivity contribution in [3.8, 4) is 17.2 Å². The molecule has 9 nitrogen and oxygen atoms in total. The normalized spacial score (nSPS) is 20.9. The highest BCUT2D eigenvalue weighted by molar-refractivity contribution is 6.43. The highest BCUT2D eigenvalue weighted by Crippen LogP contribution is 2.43. The Hall–Kier alpha value is -4.31. The van der Waals surface area contributed by atoms with E-state index in [1.54, 1.807) is 18.2 Å². The number of benzene rings is 2. The summed E-state index contributed by atoms with van der Waals surface area (Å²) in [5.41, 5.74) is 8.05. The van der Waals surface area contributed by atoms with Gasteiger partial charge in [0.2, 0.25) is 5.91 Å². The number of hydrogen-bond donors (Lipinski definition) is 4. The van der Waals surface area contributed by atoms with Gasteiger partial charge >= 0.3 is 0 Å². The second kappa shape index (κ2) is 16.4. The quantitative estimate of drug-likeness (QED) is 0.109. The van der Waals surface area contributed by atoms with E-state index in [4.69, 9.17) is 34.0 Å². The van der Waals surface area contributed by atoms with Gasteiger partial charge in [-0.25, -0.2) is 18.2 Å². The Morgan fingerprint density at radius 1 is 1.23 bits per heavy atom. The Morgan fingerprint density at radius 3 is 2.58 bits per heavy atom. The lowest BCUT2D eigenvalue weighted by molar-refractivity contribution is -0.133. The number of aryl methyl sites for hydroxylation is 2. The number of aliphatic imine (C=N–C) groups is 1. The van der Waals surface area contributed by atoms with Gasteiger partial charge in [0.25, 0.3) is 6.43 Å². The number of aliphatic hydroxyl groups is 1. The smallest absolute Gasteiger partial charge is 0.281 e. The monoisotopic (exact) mass is 767 g/mol. The molecule has 1 unspecified atom stereocenters. The second-order valence-electron chi connectivity index (χ2n) is 14.0. The van der Waals surface area contributed by atoms with Gasteiger partial charge in [0.1, 0.15) is 11.2 Å². The zero-order chi connectivity index (χ0) is 38.0. The summed E-state index contributed by atoms with van der Waals surface area (Å²) in [5.74, 6) is 0.325. The number of carbonyl (C=O) groups is 1. The topological polar surface area (TPSA) is 143 Å². The number of allylic oxidation sites excluding steroid dienone is 2. The number of rotatable bonds is 7. The van der Waals surface area contributed by atoms with E-state index in [0.29, 0.717) is 39.2 Å². The number of nitriles is 1. The van der Waals surface area contributed by atoms with E-state index in [0.717, 1.165) is 67.0 Å². The molecular weight excluding hydrogens is 726 g/mol. The minimum atomic E-state index is -2.84. The van der Waals surface area contributed by atoms with Gasteiger partial charge in [0.05, 0.1) is 33.9 Å². The highest BCUT2D eigenvalue weighted by Gasteiger charge is 2.39. The fraction of sp³-hybridized carbons (Fsp3) is 0.436. The van der Waals surface area contributed by atoms with E-state index in [1.807, 2.05) is 17.9 Å². The molecule has 53 heavy (non-hydrogen) atoms. The average molecular weight is 769 g/mol. The minimum absolute atomic E-state index is 0.0117. The molecule has 2 bridgehead atoms. The number of aromatic amines is 1. The summed E-state index contributed by atoms with van der Waals surface area (Å²) < 4.78 is 39.5. The lowest BCUT2D eigenvalue weighted by Gasteiger charge is -2.24. The van der Waals surface area contributed by atoms with Gasteiger partial charge in [-0.2, -0.15) is 5.26 Å². The Bertz CT molecular complexity index is 2110. The first kappa shape index (κ1) is 38.4. The minimum Gasteiger partial charge on any atom is -0.504 e. The van der Waals surface area contributed by atoms with Gasteiger partial charge in [-0.1, -0.05) is 35.3 Å². The molecule has 5 heterocycles. The van der Waals surface area contributed by atoms with Crippen molar-refractivity contribution >= 4 is 57.1 Å². The van der Waals surface area contributed by atoms with E-state index in [9.17, 15) is 18.8 Å². The third-order valence-electron chi connectivity index (χ3n) is 10.4. The number of aromatic nitrogens is 2. The second-order valence-corrected chi connectivity index (χ2v) is 14.8. The molecule has 3 saturated heterocycles. The third-order valence-corrected chi connectivity index (χ3v) is 11.2. The van der Waals surface area contributed by atoms with Crippen LogP contribution in [0.3, 0.4) is 0 Å². The Labute approximate surface area is 316 Å². The Balaban J connectivity index is 0.000000247. The first-order valence-corrected chi connectivity index (χ1v) is 18.6. The summed E-state index contributed by atoms with van der Waals surface area (Å²) >= 11 is 12.8. The fourth-order valence-corrected chi connectivity index (χ4v) is 7.77. The molecule has 2 aromatic carbocycles. The van der Waals surface area contributed by atoms with Crippen molar-refractivity contribution in [2.24, 2.45) is 22.6 Å². The molecule has 2 saturated carbocycles. The van der Waals surface area contributed by atoms with Crippen molar-refractivity contribution in [2.75, 3.05) is 20.1 Å². The molecule has 14 heteroatoms. The van der Waals surface area contributed by atoms with Crippen LogP contribution in [-0.4, -0.2) is 64.7 Å². The number of nitrogens with two attached hydrogens (primary N) is 1. The number of H-pyrrole nitrogens is 1. The summed E-state index contributed by atoms with van der Waals surface area (Å²) in [6.07, 6.45) is 5.38. The van der Waals surface area contributed by atoms with E-state index >= 15 is 4.39 Å². The Morgan fingerprint density at radius 2 is 1.98 bits per heavy atom. The lowest BCUT2D eigenvalue weighted by atomic mass is 9.87. The number of aliphatic hydroxyl groups excluding tert-OH is 1. The maximum absolute atomic E-state index is 16.3. The van der Waals surface area contributed by atoms with Crippen LogP contribution in [0.15, 0.2) is 46.8 Å². The highest BCUT2D eigenvalue weighted by atomic mass is 35.5.